The van der Waals surface area contributed by atoms with Crippen molar-refractivity contribution in [2.75, 3.05) is 26.4 Å². The Morgan fingerprint density at radius 3 is 0.392 bits per heavy atom. The number of ether oxygens (including phenoxy) is 4. The predicted molar refractivity (Wildman–Crippen MR) is 429 cm³/mol. The van der Waals surface area contributed by atoms with Gasteiger partial charge in [-0.15, -0.1) is 0 Å². The zero-order chi connectivity index (χ0) is 73.9. The van der Waals surface area contributed by atoms with E-state index >= 15 is 0 Å². The molecule has 0 aromatic carbocycles. The molecular formula is C84H172O12Si. The van der Waals surface area contributed by atoms with Gasteiger partial charge in [0.25, 0.3) is 0 Å². The maximum absolute atomic E-state index is 10.5. The first kappa shape index (κ1) is 112. The van der Waals surface area contributed by atoms with Crippen LogP contribution in [0.15, 0.2) is 47.3 Å². The molecule has 13 heteroatoms. The largest absolute Gasteiger partial charge is 0.498 e. The van der Waals surface area contributed by atoms with E-state index < -0.39 is 23.9 Å². The van der Waals surface area contributed by atoms with Crippen molar-refractivity contribution in [2.24, 2.45) is 0 Å². The maximum Gasteiger partial charge on any atom is 0.331 e. The van der Waals surface area contributed by atoms with Gasteiger partial charge in [0, 0.05) is 25.7 Å². The Bertz CT molecular complexity index is 1360. The van der Waals surface area contributed by atoms with Gasteiger partial charge in [0.15, 0.2) is 0 Å². The lowest BCUT2D eigenvalue weighted by atomic mass is 10.1. The van der Waals surface area contributed by atoms with E-state index in [9.17, 15) is 19.2 Å². The second-order valence-corrected chi connectivity index (χ2v) is 25.3. The summed E-state index contributed by atoms with van der Waals surface area (Å²) in [4.78, 5) is 42.0. The molecule has 0 aliphatic heterocycles. The van der Waals surface area contributed by atoms with E-state index in [4.69, 9.17) is 39.4 Å². The first-order valence-electron chi connectivity index (χ1n) is 40.7. The van der Waals surface area contributed by atoms with Gasteiger partial charge in [-0.2, -0.15) is 0 Å². The summed E-state index contributed by atoms with van der Waals surface area (Å²) in [6.07, 6.45) is 70.6. The lowest BCUT2D eigenvalue weighted by molar-refractivity contribution is -0.132. The maximum atomic E-state index is 10.5. The van der Waals surface area contributed by atoms with Gasteiger partial charge in [-0.05, 0) is 64.3 Å². The molecule has 0 heterocycles. The minimum Gasteiger partial charge on any atom is -0.498 e. The first-order valence-corrected chi connectivity index (χ1v) is 40.7. The molecule has 0 aromatic rings. The topological polar surface area (TPSA) is 186 Å². The molecule has 0 saturated heterocycles. The molecule has 0 saturated carbocycles. The number of aliphatic carboxylic acids is 4. The Morgan fingerprint density at radius 2 is 0.299 bits per heavy atom. The molecular weight excluding hydrogens is 1230 g/mol. The van der Waals surface area contributed by atoms with Crippen molar-refractivity contribution >= 4 is 34.8 Å². The van der Waals surface area contributed by atoms with Gasteiger partial charge in [-0.25, -0.2) is 19.2 Å². The van der Waals surface area contributed by atoms with Gasteiger partial charge in [0.05, 0.1) is 50.7 Å². The van der Waals surface area contributed by atoms with Crippen LogP contribution in [0.3, 0.4) is 0 Å². The molecule has 97 heavy (non-hydrogen) atoms. The van der Waals surface area contributed by atoms with Crippen LogP contribution in [0.2, 0.25) is 0 Å². The van der Waals surface area contributed by atoms with E-state index in [0.717, 1.165) is 77.0 Å². The van der Waals surface area contributed by atoms with E-state index in [1.165, 1.54) is 281 Å². The molecule has 0 aromatic heterocycles. The normalized spacial score (nSPS) is 10.8. The number of unbranched alkanes of at least 4 members (excludes halogenated alkanes) is 40. The van der Waals surface area contributed by atoms with Crippen molar-refractivity contribution in [2.45, 2.75) is 445 Å². The molecule has 0 fully saturated rings. The zero-order valence-corrected chi connectivity index (χ0v) is 67.0. The third-order valence-corrected chi connectivity index (χ3v) is 15.4. The van der Waals surface area contributed by atoms with Gasteiger partial charge < -0.3 is 39.4 Å². The fraction of sp³-hybridized carbons (Fsp3) is 0.857. The van der Waals surface area contributed by atoms with E-state index in [0.29, 0.717) is 49.5 Å². The fourth-order valence-corrected chi connectivity index (χ4v) is 9.77. The second-order valence-electron chi connectivity index (χ2n) is 25.3. The minimum atomic E-state index is -0.922. The standard InChI is InChI=1S/4C13H24O3.4C8H18.H4Si/c4*1-3-5-6-7-8-9-10-12(16-4-2)11-13(14)15;4*1-3-5-7-8-6-4-2;/h4*11H,3-10H2,1-2H3,(H,14,15);4*3-8H2,1-2H3;1H4. The highest BCUT2D eigenvalue weighted by Gasteiger charge is 2.05. The molecule has 0 aliphatic rings. The quantitative estimate of drug-likeness (QED) is 0.0196. The summed E-state index contributed by atoms with van der Waals surface area (Å²) in [6.45, 7) is 36.5. The first-order chi connectivity index (χ1) is 46.5. The smallest absolute Gasteiger partial charge is 0.331 e. The Labute approximate surface area is 608 Å². The van der Waals surface area contributed by atoms with Crippen LogP contribution in [-0.4, -0.2) is 81.7 Å². The third-order valence-electron chi connectivity index (χ3n) is 15.4. The SMILES string of the molecule is CCCCCCCC.CCCCCCCC.CCCCCCCC.CCCCCCCC.CCCCCCCCC(=CC(=O)O)OCC.CCCCCCCCC(=CC(=O)O)OCC.CCCCCCCCC(=CC(=O)O)OCC.CCCCCCCCC(=CC(=O)O)OCC.[SiH4]. The van der Waals surface area contributed by atoms with Gasteiger partial charge in [0.2, 0.25) is 0 Å². The van der Waals surface area contributed by atoms with Crippen LogP contribution in [0.5, 0.6) is 0 Å². The van der Waals surface area contributed by atoms with Crippen LogP contribution in [-0.2, 0) is 38.1 Å². The second kappa shape index (κ2) is 108. The van der Waals surface area contributed by atoms with Crippen LogP contribution in [0.4, 0.5) is 0 Å². The highest BCUT2D eigenvalue weighted by Crippen LogP contribution is 2.17. The number of hydrogen-bond donors (Lipinski definition) is 4. The molecule has 0 unspecified atom stereocenters. The number of carboxylic acid groups (broad SMARTS) is 4. The molecule has 0 spiro atoms. The molecule has 4 N–H and O–H groups in total. The summed E-state index contributed by atoms with van der Waals surface area (Å²) in [7, 11) is 0. The van der Waals surface area contributed by atoms with Crippen LogP contribution >= 0.6 is 0 Å². The Hall–Kier alpha value is -3.74. The number of carboxylic acids is 4. The predicted octanol–water partition coefficient (Wildman–Crippen LogP) is 27.0. The average Bonchev–Trinajstić information content (AvgIpc) is 3.73. The fourth-order valence-electron chi connectivity index (χ4n) is 9.77. The molecule has 0 atom stereocenters. The summed E-state index contributed by atoms with van der Waals surface area (Å²) in [6, 6.07) is 0. The van der Waals surface area contributed by atoms with Crippen LogP contribution < -0.4 is 0 Å². The van der Waals surface area contributed by atoms with E-state index in [-0.39, 0.29) is 11.0 Å². The summed E-state index contributed by atoms with van der Waals surface area (Å²) < 4.78 is 21.0. The summed E-state index contributed by atoms with van der Waals surface area (Å²) in [5.74, 6) is -1.28. The molecule has 12 nitrogen and oxygen atoms in total. The molecule has 584 valence electrons. The Balaban J connectivity index is -0.000000133. The van der Waals surface area contributed by atoms with Gasteiger partial charge >= 0.3 is 23.9 Å². The lowest BCUT2D eigenvalue weighted by Gasteiger charge is -2.07. The van der Waals surface area contributed by atoms with Crippen molar-refractivity contribution in [3.8, 4) is 0 Å². The number of allylic oxidation sites excluding steroid dienone is 4. The number of carbonyl (C=O) groups is 4. The van der Waals surface area contributed by atoms with Crippen molar-refractivity contribution in [3.05, 3.63) is 47.3 Å². The van der Waals surface area contributed by atoms with Crippen LogP contribution in [0.25, 0.3) is 0 Å². The summed E-state index contributed by atoms with van der Waals surface area (Å²) in [5, 5.41) is 34.5. The summed E-state index contributed by atoms with van der Waals surface area (Å²) >= 11 is 0. The molecule has 0 bridgehead atoms. The minimum absolute atomic E-state index is 0. The Morgan fingerprint density at radius 1 is 0.196 bits per heavy atom. The average molecular weight is 1400 g/mol. The van der Waals surface area contributed by atoms with Crippen molar-refractivity contribution in [1.82, 2.24) is 0 Å². The zero-order valence-electron chi connectivity index (χ0n) is 67.0. The summed E-state index contributed by atoms with van der Waals surface area (Å²) in [5.41, 5.74) is 0. The van der Waals surface area contributed by atoms with Crippen molar-refractivity contribution in [1.29, 1.82) is 0 Å². The van der Waals surface area contributed by atoms with Gasteiger partial charge in [0.1, 0.15) is 23.0 Å². The van der Waals surface area contributed by atoms with Gasteiger partial charge in [-0.3, -0.25) is 0 Å². The van der Waals surface area contributed by atoms with Crippen molar-refractivity contribution in [3.63, 3.8) is 0 Å². The Kier molecular flexibility index (Phi) is 125. The van der Waals surface area contributed by atoms with E-state index in [1.54, 1.807) is 0 Å². The lowest BCUT2D eigenvalue weighted by Crippen LogP contribution is -1.97. The van der Waals surface area contributed by atoms with Crippen LogP contribution in [0.1, 0.15) is 445 Å². The monoisotopic (exact) mass is 1400 g/mol. The van der Waals surface area contributed by atoms with Crippen molar-refractivity contribution < 1.29 is 58.6 Å². The van der Waals surface area contributed by atoms with Gasteiger partial charge in [-0.1, -0.05) is 366 Å². The third kappa shape index (κ3) is 129. The highest BCUT2D eigenvalue weighted by atomic mass is 28.1. The van der Waals surface area contributed by atoms with Crippen LogP contribution in [0, 0.1) is 0 Å². The van der Waals surface area contributed by atoms with E-state index in [2.05, 4.69) is 83.1 Å². The molecule has 0 aliphatic carbocycles. The van der Waals surface area contributed by atoms with E-state index in [1.807, 2.05) is 27.7 Å². The molecule has 0 amide bonds. The number of hydrogen-bond acceptors (Lipinski definition) is 8. The number of rotatable bonds is 60. The highest BCUT2D eigenvalue weighted by molar-refractivity contribution is 5.81. The molecule has 0 rings (SSSR count). The molecule has 0 radical (unpaired) electrons.